The predicted molar refractivity (Wildman–Crippen MR) is 113 cm³/mol. The minimum absolute atomic E-state index is 0.170. The van der Waals surface area contributed by atoms with E-state index in [1.165, 1.54) is 28.8 Å². The van der Waals surface area contributed by atoms with E-state index in [9.17, 15) is 4.79 Å². The van der Waals surface area contributed by atoms with Crippen molar-refractivity contribution < 1.29 is 4.79 Å². The summed E-state index contributed by atoms with van der Waals surface area (Å²) in [5.74, 6) is 2.24. The number of thioether (sulfide) groups is 1. The first-order chi connectivity index (χ1) is 12.7. The highest BCUT2D eigenvalue weighted by atomic mass is 32.2. The first kappa shape index (κ1) is 19.5. The van der Waals surface area contributed by atoms with Gasteiger partial charge in [0.1, 0.15) is 0 Å². The maximum Gasteiger partial charge on any atom is 0.230 e. The van der Waals surface area contributed by atoms with Crippen molar-refractivity contribution in [1.29, 1.82) is 0 Å². The average molecular weight is 389 g/mol. The molecule has 0 spiro atoms. The standard InChI is InChI=1S/C21H28N2OS2/c1-17-4-6-19(7-5-17)15-25-16-21(24)22-13-18-8-10-23(11-9-18)14-20-3-2-12-26-20/h2-7,12,18H,8-11,13-16H2,1H3,(H,22,24). The van der Waals surface area contributed by atoms with Crippen LogP contribution in [0.1, 0.15) is 28.8 Å². The Labute approximate surface area is 165 Å². The highest BCUT2D eigenvalue weighted by Gasteiger charge is 2.19. The molecule has 0 saturated carbocycles. The van der Waals surface area contributed by atoms with Crippen LogP contribution in [0.25, 0.3) is 0 Å². The molecule has 0 atom stereocenters. The molecule has 1 aliphatic rings. The average Bonchev–Trinajstić information content (AvgIpc) is 3.16. The topological polar surface area (TPSA) is 32.3 Å². The summed E-state index contributed by atoms with van der Waals surface area (Å²) in [5.41, 5.74) is 2.56. The van der Waals surface area contributed by atoms with E-state index in [4.69, 9.17) is 0 Å². The quantitative estimate of drug-likeness (QED) is 0.731. The number of rotatable bonds is 8. The van der Waals surface area contributed by atoms with Crippen LogP contribution in [0, 0.1) is 12.8 Å². The maximum absolute atomic E-state index is 12.1. The Morgan fingerprint density at radius 1 is 1.23 bits per heavy atom. The molecule has 2 heterocycles. The molecule has 0 unspecified atom stereocenters. The van der Waals surface area contributed by atoms with Gasteiger partial charge in [-0.1, -0.05) is 35.9 Å². The van der Waals surface area contributed by atoms with Gasteiger partial charge in [0.15, 0.2) is 0 Å². The number of hydrogen-bond acceptors (Lipinski definition) is 4. The Balaban J connectivity index is 1.27. The number of aryl methyl sites for hydroxylation is 1. The lowest BCUT2D eigenvalue weighted by molar-refractivity contribution is -0.118. The van der Waals surface area contributed by atoms with Crippen molar-refractivity contribution in [3.05, 3.63) is 57.8 Å². The molecule has 1 amide bonds. The van der Waals surface area contributed by atoms with Gasteiger partial charge in [0.2, 0.25) is 5.91 Å². The van der Waals surface area contributed by atoms with Crippen LogP contribution in [0.4, 0.5) is 0 Å². The summed E-state index contributed by atoms with van der Waals surface area (Å²) in [6.07, 6.45) is 2.37. The summed E-state index contributed by atoms with van der Waals surface area (Å²) in [5, 5.41) is 5.28. The van der Waals surface area contributed by atoms with Crippen LogP contribution in [-0.2, 0) is 17.1 Å². The largest absolute Gasteiger partial charge is 0.355 e. The molecule has 5 heteroatoms. The predicted octanol–water partition coefficient (Wildman–Crippen LogP) is 4.32. The zero-order chi connectivity index (χ0) is 18.2. The fourth-order valence-corrected chi connectivity index (χ4v) is 4.79. The van der Waals surface area contributed by atoms with Gasteiger partial charge in [-0.3, -0.25) is 9.69 Å². The third-order valence-corrected chi connectivity index (χ3v) is 6.74. The minimum atomic E-state index is 0.170. The molecule has 0 radical (unpaired) electrons. The van der Waals surface area contributed by atoms with Crippen LogP contribution in [0.5, 0.6) is 0 Å². The van der Waals surface area contributed by atoms with Crippen molar-refractivity contribution in [2.24, 2.45) is 5.92 Å². The van der Waals surface area contributed by atoms with Crippen molar-refractivity contribution in [3.8, 4) is 0 Å². The highest BCUT2D eigenvalue weighted by Crippen LogP contribution is 2.20. The Kier molecular flexibility index (Phi) is 7.59. The van der Waals surface area contributed by atoms with E-state index >= 15 is 0 Å². The van der Waals surface area contributed by atoms with Crippen LogP contribution < -0.4 is 5.32 Å². The third-order valence-electron chi connectivity index (χ3n) is 4.88. The fourth-order valence-electron chi connectivity index (χ4n) is 3.23. The van der Waals surface area contributed by atoms with E-state index < -0.39 is 0 Å². The molecule has 1 aromatic heterocycles. The van der Waals surface area contributed by atoms with Crippen molar-refractivity contribution in [2.45, 2.75) is 32.1 Å². The number of nitrogens with one attached hydrogen (secondary N) is 1. The smallest absolute Gasteiger partial charge is 0.230 e. The molecule has 0 aliphatic carbocycles. The van der Waals surface area contributed by atoms with E-state index in [2.05, 4.69) is 58.9 Å². The lowest BCUT2D eigenvalue weighted by atomic mass is 9.97. The number of thiophene rings is 1. The van der Waals surface area contributed by atoms with Crippen LogP contribution in [0.15, 0.2) is 41.8 Å². The summed E-state index contributed by atoms with van der Waals surface area (Å²) in [7, 11) is 0. The number of likely N-dealkylation sites (tertiary alicyclic amines) is 1. The van der Waals surface area contributed by atoms with Crippen molar-refractivity contribution >= 4 is 29.0 Å². The fraction of sp³-hybridized carbons (Fsp3) is 0.476. The second kappa shape index (κ2) is 10.1. The first-order valence-corrected chi connectivity index (χ1v) is 11.4. The second-order valence-electron chi connectivity index (χ2n) is 7.08. The van der Waals surface area contributed by atoms with Crippen LogP contribution >= 0.6 is 23.1 Å². The zero-order valence-electron chi connectivity index (χ0n) is 15.4. The normalized spacial score (nSPS) is 15.9. The summed E-state index contributed by atoms with van der Waals surface area (Å²) < 4.78 is 0. The van der Waals surface area contributed by atoms with Gasteiger partial charge < -0.3 is 5.32 Å². The Bertz CT molecular complexity index is 662. The van der Waals surface area contributed by atoms with E-state index in [0.717, 1.165) is 31.9 Å². The molecule has 1 saturated heterocycles. The number of nitrogens with zero attached hydrogens (tertiary/aromatic N) is 1. The molecule has 1 aliphatic heterocycles. The molecule has 1 fully saturated rings. The molecule has 1 N–H and O–H groups in total. The third kappa shape index (κ3) is 6.45. The van der Waals surface area contributed by atoms with Crippen LogP contribution in [-0.4, -0.2) is 36.2 Å². The maximum atomic E-state index is 12.1. The summed E-state index contributed by atoms with van der Waals surface area (Å²) >= 11 is 3.53. The van der Waals surface area contributed by atoms with Crippen molar-refractivity contribution in [3.63, 3.8) is 0 Å². The number of benzene rings is 1. The van der Waals surface area contributed by atoms with Gasteiger partial charge in [-0.2, -0.15) is 0 Å². The molecule has 1 aromatic carbocycles. The monoisotopic (exact) mass is 388 g/mol. The molecular formula is C21H28N2OS2. The lowest BCUT2D eigenvalue weighted by Crippen LogP contribution is -2.38. The lowest BCUT2D eigenvalue weighted by Gasteiger charge is -2.31. The molecule has 3 rings (SSSR count). The Morgan fingerprint density at radius 3 is 2.69 bits per heavy atom. The molecule has 140 valence electrons. The van der Waals surface area contributed by atoms with Crippen LogP contribution in [0.2, 0.25) is 0 Å². The molecule has 0 bridgehead atoms. The number of hydrogen-bond donors (Lipinski definition) is 1. The van der Waals surface area contributed by atoms with Gasteiger partial charge in [-0.15, -0.1) is 23.1 Å². The Morgan fingerprint density at radius 2 is 2.00 bits per heavy atom. The zero-order valence-corrected chi connectivity index (χ0v) is 17.1. The number of carbonyl (C=O) groups excluding carboxylic acids is 1. The minimum Gasteiger partial charge on any atom is -0.355 e. The van der Waals surface area contributed by atoms with E-state index in [0.29, 0.717) is 11.7 Å². The number of piperidine rings is 1. The SMILES string of the molecule is Cc1ccc(CSCC(=O)NCC2CCN(Cc3cccs3)CC2)cc1. The Hall–Kier alpha value is -1.30. The van der Waals surface area contributed by atoms with E-state index in [1.54, 1.807) is 11.8 Å². The molecule has 2 aromatic rings. The number of carbonyl (C=O) groups is 1. The number of amides is 1. The van der Waals surface area contributed by atoms with Gasteiger partial charge in [0, 0.05) is 23.7 Å². The summed E-state index contributed by atoms with van der Waals surface area (Å²) in [4.78, 5) is 16.0. The van der Waals surface area contributed by atoms with Crippen molar-refractivity contribution in [2.75, 3.05) is 25.4 Å². The molecule has 3 nitrogen and oxygen atoms in total. The van der Waals surface area contributed by atoms with E-state index in [-0.39, 0.29) is 5.91 Å². The molecular weight excluding hydrogens is 360 g/mol. The second-order valence-corrected chi connectivity index (χ2v) is 9.10. The van der Waals surface area contributed by atoms with Gasteiger partial charge >= 0.3 is 0 Å². The molecule has 26 heavy (non-hydrogen) atoms. The van der Waals surface area contributed by atoms with Gasteiger partial charge in [0.25, 0.3) is 0 Å². The summed E-state index contributed by atoms with van der Waals surface area (Å²) in [6, 6.07) is 12.9. The first-order valence-electron chi connectivity index (χ1n) is 9.34. The van der Waals surface area contributed by atoms with Gasteiger partial charge in [-0.25, -0.2) is 0 Å². The van der Waals surface area contributed by atoms with Gasteiger partial charge in [0.05, 0.1) is 5.75 Å². The highest BCUT2D eigenvalue weighted by molar-refractivity contribution is 7.99. The summed E-state index contributed by atoms with van der Waals surface area (Å²) in [6.45, 7) is 6.28. The van der Waals surface area contributed by atoms with Gasteiger partial charge in [-0.05, 0) is 55.8 Å². The van der Waals surface area contributed by atoms with Crippen LogP contribution in [0.3, 0.4) is 0 Å². The van der Waals surface area contributed by atoms with E-state index in [1.807, 2.05) is 11.3 Å². The van der Waals surface area contributed by atoms with Crippen molar-refractivity contribution in [1.82, 2.24) is 10.2 Å².